The monoisotopic (exact) mass is 465 g/mol. The van der Waals surface area contributed by atoms with Crippen molar-refractivity contribution in [2.45, 2.75) is 26.1 Å². The van der Waals surface area contributed by atoms with E-state index in [0.717, 1.165) is 27.2 Å². The number of hydrogen-bond donors (Lipinski definition) is 0. The van der Waals surface area contributed by atoms with Crippen molar-refractivity contribution in [1.29, 1.82) is 0 Å². The zero-order chi connectivity index (χ0) is 21.9. The van der Waals surface area contributed by atoms with Crippen molar-refractivity contribution in [3.05, 3.63) is 94.7 Å². The second kappa shape index (κ2) is 9.11. The van der Waals surface area contributed by atoms with E-state index < -0.39 is 0 Å². The molecule has 0 fully saturated rings. The topological polar surface area (TPSA) is 64.7 Å². The van der Waals surface area contributed by atoms with E-state index in [-0.39, 0.29) is 11.9 Å². The molecule has 0 spiro atoms. The van der Waals surface area contributed by atoms with Gasteiger partial charge in [0.15, 0.2) is 0 Å². The molecule has 0 aliphatic heterocycles. The minimum Gasteiger partial charge on any atom is -0.294 e. The molecule has 32 heavy (non-hydrogen) atoms. The first-order valence-corrected chi connectivity index (χ1v) is 11.8. The largest absolute Gasteiger partial charge is 0.294 e. The van der Waals surface area contributed by atoms with Gasteiger partial charge in [-0.25, -0.2) is 4.39 Å². The Hall–Kier alpha value is -3.21. The molecule has 7 nitrogen and oxygen atoms in total. The molecule has 5 aromatic rings. The Balaban J connectivity index is 1.48. The van der Waals surface area contributed by atoms with Crippen LogP contribution in [0.4, 0.5) is 4.39 Å². The Morgan fingerprint density at radius 2 is 1.38 bits per heavy atom. The van der Waals surface area contributed by atoms with E-state index in [0.29, 0.717) is 13.1 Å². The third-order valence-corrected chi connectivity index (χ3v) is 6.78. The van der Waals surface area contributed by atoms with Gasteiger partial charge >= 0.3 is 0 Å². The average molecular weight is 466 g/mol. The molecule has 1 atom stereocenters. The third-order valence-electron chi connectivity index (χ3n) is 5.41. The molecular weight excluding hydrogens is 445 g/mol. The Morgan fingerprint density at radius 3 is 1.84 bits per heavy atom. The number of hydrogen-bond acceptors (Lipinski definition) is 7. The van der Waals surface area contributed by atoms with E-state index in [9.17, 15) is 4.39 Å². The summed E-state index contributed by atoms with van der Waals surface area (Å²) in [5.74, 6) is -0.234. The van der Waals surface area contributed by atoms with Gasteiger partial charge in [-0.1, -0.05) is 34.8 Å². The zero-order valence-electron chi connectivity index (χ0n) is 17.2. The highest BCUT2D eigenvalue weighted by molar-refractivity contribution is 7.12. The first-order valence-electron chi connectivity index (χ1n) is 10.0. The summed E-state index contributed by atoms with van der Waals surface area (Å²) in [6.45, 7) is 3.49. The van der Waals surface area contributed by atoms with E-state index >= 15 is 0 Å². The van der Waals surface area contributed by atoms with Gasteiger partial charge in [0.2, 0.25) is 10.3 Å². The predicted molar refractivity (Wildman–Crippen MR) is 123 cm³/mol. The van der Waals surface area contributed by atoms with Gasteiger partial charge in [0.25, 0.3) is 0 Å². The van der Waals surface area contributed by atoms with Gasteiger partial charge in [0.05, 0.1) is 0 Å². The summed E-state index contributed by atoms with van der Waals surface area (Å²) in [7, 11) is 0. The molecule has 0 radical (unpaired) electrons. The van der Waals surface area contributed by atoms with Gasteiger partial charge in [-0.05, 0) is 48.9 Å². The van der Waals surface area contributed by atoms with Crippen LogP contribution in [-0.4, -0.2) is 34.4 Å². The van der Waals surface area contributed by atoms with Crippen molar-refractivity contribution in [3.8, 4) is 10.3 Å². The van der Waals surface area contributed by atoms with E-state index in [1.807, 2.05) is 36.7 Å². The van der Waals surface area contributed by atoms with Crippen LogP contribution in [0, 0.1) is 5.82 Å². The second-order valence-electron chi connectivity index (χ2n) is 7.31. The molecule has 0 saturated heterocycles. The first kappa shape index (κ1) is 20.7. The first-order chi connectivity index (χ1) is 15.7. The summed E-state index contributed by atoms with van der Waals surface area (Å²) < 4.78 is 17.7. The van der Waals surface area contributed by atoms with Crippen LogP contribution in [0.2, 0.25) is 0 Å². The summed E-state index contributed by atoms with van der Waals surface area (Å²) in [4.78, 5) is 2.35. The lowest BCUT2D eigenvalue weighted by molar-refractivity contribution is 0.185. The molecule has 4 aromatic heterocycles. The second-order valence-corrected chi connectivity index (χ2v) is 8.94. The fourth-order valence-electron chi connectivity index (χ4n) is 3.71. The summed E-state index contributed by atoms with van der Waals surface area (Å²) in [6.07, 6.45) is 4.00. The summed E-state index contributed by atoms with van der Waals surface area (Å²) in [6, 6.07) is 15.0. The van der Waals surface area contributed by atoms with E-state index in [1.165, 1.54) is 34.8 Å². The molecule has 5 rings (SSSR count). The highest BCUT2D eigenvalue weighted by atomic mass is 32.1. The molecule has 0 bridgehead atoms. The van der Waals surface area contributed by atoms with Gasteiger partial charge in [-0.15, -0.1) is 20.4 Å². The van der Waals surface area contributed by atoms with Gasteiger partial charge < -0.3 is 0 Å². The minimum absolute atomic E-state index is 0.0474. The van der Waals surface area contributed by atoms with Crippen molar-refractivity contribution in [3.63, 3.8) is 0 Å². The number of aromatic nitrogens is 6. The molecule has 0 N–H and O–H groups in total. The smallest absolute Gasteiger partial charge is 0.216 e. The number of rotatable bonds is 8. The van der Waals surface area contributed by atoms with Gasteiger partial charge in [0, 0.05) is 42.9 Å². The van der Waals surface area contributed by atoms with Crippen LogP contribution in [0.5, 0.6) is 0 Å². The molecule has 0 saturated carbocycles. The maximum atomic E-state index is 13.5. The fraction of sp³-hybridized carbons (Fsp3) is 0.182. The highest BCUT2D eigenvalue weighted by Gasteiger charge is 2.21. The van der Waals surface area contributed by atoms with Crippen LogP contribution < -0.4 is 0 Å². The maximum Gasteiger partial charge on any atom is 0.216 e. The molecular formula is C22H20FN7S2. The molecule has 1 aromatic carbocycles. The predicted octanol–water partition coefficient (Wildman–Crippen LogP) is 4.87. The summed E-state index contributed by atoms with van der Waals surface area (Å²) in [5.41, 5.74) is 6.71. The molecule has 10 heteroatoms. The van der Waals surface area contributed by atoms with Crippen LogP contribution >= 0.6 is 22.7 Å². The van der Waals surface area contributed by atoms with Crippen molar-refractivity contribution < 1.29 is 4.39 Å². The third kappa shape index (κ3) is 4.24. The van der Waals surface area contributed by atoms with Crippen LogP contribution in [-0.2, 0) is 13.1 Å². The van der Waals surface area contributed by atoms with E-state index in [1.54, 1.807) is 11.0 Å². The molecule has 0 amide bonds. The maximum absolute atomic E-state index is 13.5. The van der Waals surface area contributed by atoms with Crippen LogP contribution in [0.15, 0.2) is 71.9 Å². The fourth-order valence-corrected chi connectivity index (χ4v) is 4.85. The highest BCUT2D eigenvalue weighted by Crippen LogP contribution is 2.27. The lowest BCUT2D eigenvalue weighted by atomic mass is 10.1. The minimum atomic E-state index is -0.234. The number of benzene rings is 1. The molecule has 0 aliphatic rings. The van der Waals surface area contributed by atoms with E-state index in [4.69, 9.17) is 0 Å². The van der Waals surface area contributed by atoms with Gasteiger partial charge in [-0.2, -0.15) is 0 Å². The van der Waals surface area contributed by atoms with E-state index in [2.05, 4.69) is 53.5 Å². The quantitative estimate of drug-likeness (QED) is 0.327. The normalized spacial score (nSPS) is 12.5. The van der Waals surface area contributed by atoms with Crippen molar-refractivity contribution in [2.24, 2.45) is 0 Å². The van der Waals surface area contributed by atoms with Crippen LogP contribution in [0.1, 0.15) is 29.9 Å². The van der Waals surface area contributed by atoms with Gasteiger partial charge in [-0.3, -0.25) is 14.0 Å². The molecule has 4 heterocycles. The Kier molecular flexibility index (Phi) is 5.89. The molecule has 0 aliphatic carbocycles. The Labute approximate surface area is 192 Å². The van der Waals surface area contributed by atoms with Crippen molar-refractivity contribution >= 4 is 22.7 Å². The zero-order valence-corrected chi connectivity index (χ0v) is 18.9. The van der Waals surface area contributed by atoms with Crippen molar-refractivity contribution in [1.82, 2.24) is 34.4 Å². The van der Waals surface area contributed by atoms with Crippen LogP contribution in [0.25, 0.3) is 10.3 Å². The average Bonchev–Trinajstić information content (AvgIpc) is 3.61. The standard InChI is InChI=1S/C22H20FN7S2/c1-16(17-6-8-18(23)9-7-17)28(12-19-4-2-10-29(19)21-26-24-14-31-21)13-20-5-3-11-30(20)22-27-25-15-32-22/h2-11,14-16H,12-13H2,1H3/t16-/m1/s1. The lowest BCUT2D eigenvalue weighted by Gasteiger charge is -2.30. The lowest BCUT2D eigenvalue weighted by Crippen LogP contribution is -2.28. The van der Waals surface area contributed by atoms with Gasteiger partial charge in [0.1, 0.15) is 16.8 Å². The van der Waals surface area contributed by atoms with Crippen molar-refractivity contribution in [2.75, 3.05) is 0 Å². The summed E-state index contributed by atoms with van der Waals surface area (Å²) >= 11 is 2.99. The molecule has 0 unspecified atom stereocenters. The van der Waals surface area contributed by atoms with Crippen LogP contribution in [0.3, 0.4) is 0 Å². The Bertz CT molecular complexity index is 1190. The molecule has 162 valence electrons. The SMILES string of the molecule is C[C@H](c1ccc(F)cc1)N(Cc1cccn1-c1nncs1)Cc1cccn1-c1nncs1. The summed E-state index contributed by atoms with van der Waals surface area (Å²) in [5, 5.41) is 18.0. The Morgan fingerprint density at radius 1 is 0.844 bits per heavy atom. The number of halogens is 1. The number of nitrogens with zero attached hydrogens (tertiary/aromatic N) is 7.